The number of methoxy groups -OCH3 is 1. The van der Waals surface area contributed by atoms with Gasteiger partial charge >= 0.3 is 0 Å². The lowest BCUT2D eigenvalue weighted by molar-refractivity contribution is -0.119. The lowest BCUT2D eigenvalue weighted by atomic mass is 10.0. The molecule has 2 N–H and O–H groups in total. The van der Waals surface area contributed by atoms with Gasteiger partial charge in [-0.15, -0.1) is 0 Å². The molecule has 3 heterocycles. The maximum absolute atomic E-state index is 12.0. The summed E-state index contributed by atoms with van der Waals surface area (Å²) in [7, 11) is 1.47. The van der Waals surface area contributed by atoms with Gasteiger partial charge in [0.25, 0.3) is 0 Å². The monoisotopic (exact) mass is 517 g/mol. The molecule has 1 amide bonds. The minimum atomic E-state index is -0.278. The predicted molar refractivity (Wildman–Crippen MR) is 146 cm³/mol. The Kier molecular flexibility index (Phi) is 6.99. The highest BCUT2D eigenvalue weighted by atomic mass is 35.5. The van der Waals surface area contributed by atoms with Crippen LogP contribution >= 0.6 is 23.8 Å². The smallest absolute Gasteiger partial charge is 0.250 e. The number of hydrogen-bond acceptors (Lipinski definition) is 4. The minimum absolute atomic E-state index is 0.0531. The molecule has 182 valence electrons. The molecular formula is C27H24ClN5O2S. The number of amides is 1. The second-order valence-corrected chi connectivity index (χ2v) is 9.07. The molecule has 0 saturated carbocycles. The van der Waals surface area contributed by atoms with Crippen LogP contribution in [0.1, 0.15) is 23.5 Å². The Morgan fingerprint density at radius 3 is 2.61 bits per heavy atom. The zero-order valence-electron chi connectivity index (χ0n) is 19.5. The molecule has 0 aliphatic carbocycles. The van der Waals surface area contributed by atoms with Gasteiger partial charge in [-0.05, 0) is 66.8 Å². The fraction of sp³-hybridized carbons (Fsp3) is 0.148. The lowest BCUT2D eigenvalue weighted by Gasteiger charge is -2.29. The Bertz CT molecular complexity index is 1380. The predicted octanol–water partition coefficient (Wildman–Crippen LogP) is 5.29. The zero-order valence-corrected chi connectivity index (χ0v) is 21.0. The number of hydrogen-bond donors (Lipinski definition) is 2. The molecule has 7 nitrogen and oxygen atoms in total. The average Bonchev–Trinajstić information content (AvgIpc) is 3.51. The van der Waals surface area contributed by atoms with Crippen molar-refractivity contribution in [2.24, 2.45) is 0 Å². The Labute approximate surface area is 219 Å². The molecule has 2 aromatic carbocycles. The SMILES string of the molecule is COCC(=O)Nc1ccc(N2C(=S)N[C@@H](c3ccccn3)[C@H]2c2cccn2-c2ccccc2)cc1Cl. The van der Waals surface area contributed by atoms with E-state index >= 15 is 0 Å². The van der Waals surface area contributed by atoms with Crippen molar-refractivity contribution in [2.45, 2.75) is 12.1 Å². The number of halogens is 1. The van der Waals surface area contributed by atoms with Crippen LogP contribution in [0.2, 0.25) is 5.02 Å². The normalized spacial score (nSPS) is 17.2. The van der Waals surface area contributed by atoms with Crippen LogP contribution < -0.4 is 15.5 Å². The molecule has 1 fully saturated rings. The second-order valence-electron chi connectivity index (χ2n) is 8.28. The first-order valence-corrected chi connectivity index (χ1v) is 12.2. The summed E-state index contributed by atoms with van der Waals surface area (Å²) < 4.78 is 7.05. The number of ether oxygens (including phenoxy) is 1. The highest BCUT2D eigenvalue weighted by Gasteiger charge is 2.42. The van der Waals surface area contributed by atoms with Gasteiger partial charge in [-0.3, -0.25) is 9.78 Å². The van der Waals surface area contributed by atoms with Crippen LogP contribution in [0.4, 0.5) is 11.4 Å². The van der Waals surface area contributed by atoms with Crippen LogP contribution in [0.5, 0.6) is 0 Å². The van der Waals surface area contributed by atoms with Crippen molar-refractivity contribution in [1.82, 2.24) is 14.9 Å². The van der Waals surface area contributed by atoms with Gasteiger partial charge in [-0.2, -0.15) is 0 Å². The van der Waals surface area contributed by atoms with Gasteiger partial charge in [0.05, 0.1) is 22.4 Å². The van der Waals surface area contributed by atoms with E-state index in [-0.39, 0.29) is 24.6 Å². The Balaban J connectivity index is 1.58. The molecular weight excluding hydrogens is 494 g/mol. The number of benzene rings is 2. The number of rotatable bonds is 7. The summed E-state index contributed by atoms with van der Waals surface area (Å²) in [6.07, 6.45) is 3.82. The summed E-state index contributed by atoms with van der Waals surface area (Å²) in [6, 6.07) is 25.2. The van der Waals surface area contributed by atoms with Crippen molar-refractivity contribution >= 4 is 46.2 Å². The van der Waals surface area contributed by atoms with Crippen molar-refractivity contribution in [3.8, 4) is 5.69 Å². The number of para-hydroxylation sites is 1. The van der Waals surface area contributed by atoms with Gasteiger partial charge in [-0.1, -0.05) is 35.9 Å². The molecule has 36 heavy (non-hydrogen) atoms. The minimum Gasteiger partial charge on any atom is -0.375 e. The first kappa shape index (κ1) is 24.0. The van der Waals surface area contributed by atoms with E-state index in [4.69, 9.17) is 28.6 Å². The number of nitrogens with zero attached hydrogens (tertiary/aromatic N) is 3. The summed E-state index contributed by atoms with van der Waals surface area (Å²) in [6.45, 7) is -0.0531. The highest BCUT2D eigenvalue weighted by Crippen LogP contribution is 2.43. The van der Waals surface area contributed by atoms with E-state index in [1.54, 1.807) is 12.3 Å². The number of thiocarbonyl (C=S) groups is 1. The van der Waals surface area contributed by atoms with E-state index in [0.717, 1.165) is 22.8 Å². The summed E-state index contributed by atoms with van der Waals surface area (Å²) in [5, 5.41) is 7.20. The van der Waals surface area contributed by atoms with Crippen molar-refractivity contribution < 1.29 is 9.53 Å². The lowest BCUT2D eigenvalue weighted by Crippen LogP contribution is -2.30. The Morgan fingerprint density at radius 1 is 1.08 bits per heavy atom. The molecule has 0 unspecified atom stereocenters. The molecule has 1 aliphatic rings. The molecule has 1 aliphatic heterocycles. The van der Waals surface area contributed by atoms with Gasteiger partial charge < -0.3 is 24.8 Å². The van der Waals surface area contributed by atoms with Crippen LogP contribution in [-0.4, -0.2) is 34.3 Å². The van der Waals surface area contributed by atoms with Crippen LogP contribution in [0.25, 0.3) is 5.69 Å². The molecule has 0 spiro atoms. The maximum atomic E-state index is 12.0. The molecule has 9 heteroatoms. The van der Waals surface area contributed by atoms with Gasteiger partial charge in [-0.25, -0.2) is 0 Å². The van der Waals surface area contributed by atoms with Gasteiger partial charge in [0.2, 0.25) is 5.91 Å². The third kappa shape index (κ3) is 4.70. The summed E-state index contributed by atoms with van der Waals surface area (Å²) >= 11 is 12.4. The number of carbonyl (C=O) groups is 1. The Hall–Kier alpha value is -3.72. The van der Waals surface area contributed by atoms with Crippen molar-refractivity contribution in [2.75, 3.05) is 23.9 Å². The molecule has 2 aromatic heterocycles. The Morgan fingerprint density at radius 2 is 1.89 bits per heavy atom. The number of pyridine rings is 1. The first-order valence-electron chi connectivity index (χ1n) is 11.4. The molecule has 5 rings (SSSR count). The van der Waals surface area contributed by atoms with E-state index in [0.29, 0.717) is 15.8 Å². The van der Waals surface area contributed by atoms with E-state index < -0.39 is 0 Å². The summed E-state index contributed by atoms with van der Waals surface area (Å²) in [4.78, 5) is 18.7. The van der Waals surface area contributed by atoms with Crippen molar-refractivity contribution in [1.29, 1.82) is 0 Å². The third-order valence-electron chi connectivity index (χ3n) is 6.00. The molecule has 2 atom stereocenters. The van der Waals surface area contributed by atoms with Crippen LogP contribution in [0, 0.1) is 0 Å². The van der Waals surface area contributed by atoms with E-state index in [1.807, 2.05) is 60.8 Å². The largest absolute Gasteiger partial charge is 0.375 e. The quantitative estimate of drug-likeness (QED) is 0.325. The van der Waals surface area contributed by atoms with E-state index in [1.165, 1.54) is 7.11 Å². The second kappa shape index (κ2) is 10.5. The van der Waals surface area contributed by atoms with Gasteiger partial charge in [0, 0.05) is 36.6 Å². The fourth-order valence-electron chi connectivity index (χ4n) is 4.46. The van der Waals surface area contributed by atoms with Gasteiger partial charge in [0.1, 0.15) is 12.6 Å². The highest BCUT2D eigenvalue weighted by molar-refractivity contribution is 7.80. The summed E-state index contributed by atoms with van der Waals surface area (Å²) in [5.41, 5.74) is 4.27. The summed E-state index contributed by atoms with van der Waals surface area (Å²) in [5.74, 6) is -0.278. The number of anilines is 2. The van der Waals surface area contributed by atoms with Crippen LogP contribution in [0.15, 0.2) is 91.3 Å². The molecule has 0 bridgehead atoms. The third-order valence-corrected chi connectivity index (χ3v) is 6.62. The first-order chi connectivity index (χ1) is 17.6. The van der Waals surface area contributed by atoms with Crippen LogP contribution in [0.3, 0.4) is 0 Å². The van der Waals surface area contributed by atoms with E-state index in [2.05, 4.69) is 43.3 Å². The van der Waals surface area contributed by atoms with Crippen LogP contribution in [-0.2, 0) is 9.53 Å². The molecule has 0 radical (unpaired) electrons. The van der Waals surface area contributed by atoms with Crippen molar-refractivity contribution in [3.63, 3.8) is 0 Å². The number of carbonyl (C=O) groups excluding carboxylic acids is 1. The number of aromatic nitrogens is 2. The standard InChI is InChI=1S/C27H24ClN5O2S/c1-35-17-24(34)30-21-13-12-19(16-20(21)28)33-26(25(31-27(33)36)22-10-5-6-14-29-22)23-11-7-15-32(23)18-8-3-2-4-9-18/h2-16,25-26H,17H2,1H3,(H,30,34)(H,31,36)/t25-,26+/m0/s1. The zero-order chi connectivity index (χ0) is 25.1. The number of nitrogens with one attached hydrogen (secondary N) is 2. The van der Waals surface area contributed by atoms with Crippen molar-refractivity contribution in [3.05, 3.63) is 108 Å². The maximum Gasteiger partial charge on any atom is 0.250 e. The van der Waals surface area contributed by atoms with E-state index in [9.17, 15) is 4.79 Å². The molecule has 4 aromatic rings. The topological polar surface area (TPSA) is 71.4 Å². The van der Waals surface area contributed by atoms with Gasteiger partial charge in [0.15, 0.2) is 5.11 Å². The molecule has 1 saturated heterocycles. The average molecular weight is 518 g/mol. The fourth-order valence-corrected chi connectivity index (χ4v) is 5.03.